The first-order valence-corrected chi connectivity index (χ1v) is 18.7. The van der Waals surface area contributed by atoms with Gasteiger partial charge in [-0.1, -0.05) is 73.5 Å². The van der Waals surface area contributed by atoms with Crippen molar-refractivity contribution in [3.8, 4) is 11.1 Å². The van der Waals surface area contributed by atoms with Gasteiger partial charge in [0, 0.05) is 0 Å². The van der Waals surface area contributed by atoms with Crippen LogP contribution in [0.15, 0.2) is 71.8 Å². The lowest BCUT2D eigenvalue weighted by atomic mass is 9.98. The van der Waals surface area contributed by atoms with Crippen LogP contribution < -0.4 is 24.8 Å². The zero-order chi connectivity index (χ0) is 34.2. The minimum absolute atomic E-state index is 0. The molecule has 278 valence electrons. The number of ether oxygens (including phenoxy) is 2. The number of carbonyl (C=O) groups excluding carboxylic acids is 2. The quantitative estimate of drug-likeness (QED) is 0.143. The summed E-state index contributed by atoms with van der Waals surface area (Å²) in [5.74, 6) is -0.102. The molecule has 2 aromatic rings. The third kappa shape index (κ3) is 14.2. The first-order chi connectivity index (χ1) is 23.2. The second-order valence-corrected chi connectivity index (χ2v) is 14.7. The maximum Gasteiger partial charge on any atom is 0.361 e. The van der Waals surface area contributed by atoms with Crippen LogP contribution in [0.2, 0.25) is 0 Å². The van der Waals surface area contributed by atoms with E-state index in [-0.39, 0.29) is 36.8 Å². The molecule has 50 heavy (non-hydrogen) atoms. The number of hydrogen-bond acceptors (Lipinski definition) is 4. The molecule has 4 rings (SSSR count). The van der Waals surface area contributed by atoms with Crippen LogP contribution >= 0.6 is 0 Å². The lowest BCUT2D eigenvalue weighted by Gasteiger charge is -2.40. The van der Waals surface area contributed by atoms with Crippen LogP contribution in [0.5, 0.6) is 0 Å². The fourth-order valence-electron chi connectivity index (χ4n) is 7.36. The summed E-state index contributed by atoms with van der Waals surface area (Å²) in [4.78, 5) is 25.0. The maximum absolute atomic E-state index is 12.5. The van der Waals surface area contributed by atoms with Crippen LogP contribution in [0.1, 0.15) is 90.2 Å². The molecule has 0 N–H and O–H groups in total. The van der Waals surface area contributed by atoms with Gasteiger partial charge in [-0.05, 0) is 112 Å². The molecule has 0 amide bonds. The van der Waals surface area contributed by atoms with Crippen molar-refractivity contribution in [3.63, 3.8) is 0 Å². The summed E-state index contributed by atoms with van der Waals surface area (Å²) in [6.07, 6.45) is 15.6. The molecule has 2 aromatic carbocycles. The first kappa shape index (κ1) is 43.5. The van der Waals surface area contributed by atoms with Gasteiger partial charge in [0.25, 0.3) is 0 Å². The number of rotatable bonds is 17. The predicted octanol–water partition coefficient (Wildman–Crippen LogP) is 2.25. The summed E-state index contributed by atoms with van der Waals surface area (Å²) in [7, 11) is 0. The molecule has 6 nitrogen and oxygen atoms in total. The largest absolute Gasteiger partial charge is 1.00 e. The summed E-state index contributed by atoms with van der Waals surface area (Å²) >= 11 is 0. The van der Waals surface area contributed by atoms with E-state index in [9.17, 15) is 9.59 Å². The van der Waals surface area contributed by atoms with Crippen molar-refractivity contribution >= 4 is 11.9 Å². The van der Waals surface area contributed by atoms with E-state index in [1.165, 1.54) is 71.9 Å². The molecule has 0 atom stereocenters. The van der Waals surface area contributed by atoms with Crippen LogP contribution in [0.25, 0.3) is 11.1 Å². The van der Waals surface area contributed by atoms with Crippen LogP contribution in [-0.2, 0) is 31.9 Å². The molecule has 2 fully saturated rings. The number of quaternary nitrogens is 2. The summed E-state index contributed by atoms with van der Waals surface area (Å²) in [5.41, 5.74) is 7.79. The summed E-state index contributed by atoms with van der Waals surface area (Å²) in [5, 5.41) is 0. The van der Waals surface area contributed by atoms with Crippen molar-refractivity contribution < 1.29 is 52.8 Å². The smallest absolute Gasteiger partial charge is 0.361 e. The molecule has 0 saturated carbocycles. The molecular weight excluding hydrogens is 667 g/mol. The van der Waals surface area contributed by atoms with Crippen molar-refractivity contribution in [1.29, 1.82) is 0 Å². The molecule has 0 aromatic heterocycles. The lowest BCUT2D eigenvalue weighted by molar-refractivity contribution is -0.920. The summed E-state index contributed by atoms with van der Waals surface area (Å²) < 4.78 is 12.6. The van der Waals surface area contributed by atoms with Gasteiger partial charge in [0.05, 0.1) is 52.5 Å². The number of nitrogens with zero attached hydrogens (tertiary/aromatic N) is 2. The number of carbonyl (C=O) groups is 2. The van der Waals surface area contributed by atoms with Gasteiger partial charge in [0.1, 0.15) is 0 Å². The number of allylic oxidation sites excluding steroid dienone is 2. The number of piperidine rings is 2. The molecule has 0 radical (unpaired) electrons. The second-order valence-electron chi connectivity index (χ2n) is 14.7. The van der Waals surface area contributed by atoms with Gasteiger partial charge in [-0.2, -0.15) is 0 Å². The Morgan fingerprint density at radius 3 is 1.24 bits per heavy atom. The summed E-state index contributed by atoms with van der Waals surface area (Å²) in [6.45, 7) is 16.6. The van der Waals surface area contributed by atoms with Gasteiger partial charge in [0.15, 0.2) is 13.1 Å². The van der Waals surface area contributed by atoms with E-state index < -0.39 is 0 Å². The van der Waals surface area contributed by atoms with E-state index in [1.54, 1.807) is 0 Å². The predicted molar refractivity (Wildman–Crippen MR) is 196 cm³/mol. The van der Waals surface area contributed by atoms with Gasteiger partial charge in [0.2, 0.25) is 0 Å². The zero-order valence-corrected chi connectivity index (χ0v) is 32.7. The maximum atomic E-state index is 12.5. The fraction of sp³-hybridized carbons (Fsp3) is 0.571. The molecule has 0 spiro atoms. The van der Waals surface area contributed by atoms with E-state index in [2.05, 4.69) is 74.5 Å². The van der Waals surface area contributed by atoms with E-state index in [1.807, 2.05) is 13.8 Å². The number of esters is 2. The molecular formula is C42H62Cl2N2O4. The Labute approximate surface area is 315 Å². The van der Waals surface area contributed by atoms with Crippen molar-refractivity contribution in [2.75, 3.05) is 65.6 Å². The number of hydrogen-bond donors (Lipinski definition) is 0. The zero-order valence-electron chi connectivity index (χ0n) is 31.2. The van der Waals surface area contributed by atoms with Gasteiger partial charge < -0.3 is 43.3 Å². The third-order valence-electron chi connectivity index (χ3n) is 10.3. The van der Waals surface area contributed by atoms with E-state index >= 15 is 0 Å². The van der Waals surface area contributed by atoms with Crippen molar-refractivity contribution in [2.45, 2.75) is 91.9 Å². The second kappa shape index (κ2) is 22.3. The number of benzene rings is 2. The Morgan fingerprint density at radius 2 is 0.920 bits per heavy atom. The lowest BCUT2D eigenvalue weighted by Crippen LogP contribution is -3.00. The Hall–Kier alpha value is -2.64. The third-order valence-corrected chi connectivity index (χ3v) is 10.3. The Bertz CT molecular complexity index is 1250. The molecule has 2 aliphatic rings. The SMILES string of the molecule is CCCOC(=O)C[N+]1(C/C=C(/C)Cc2ccc(-c3ccc(C/C(C)=C\C[N+]4(CC(=O)OCCC)CCCCC4)cc3)cc2)CCCCC1.[Cl-].[Cl-]. The molecule has 0 unspecified atom stereocenters. The molecule has 8 heteroatoms. The highest BCUT2D eigenvalue weighted by atomic mass is 35.5. The van der Waals surface area contributed by atoms with Gasteiger partial charge in [-0.25, -0.2) is 9.59 Å². The highest BCUT2D eigenvalue weighted by molar-refractivity contribution is 5.71. The molecule has 0 aliphatic carbocycles. The van der Waals surface area contributed by atoms with Gasteiger partial charge in [-0.3, -0.25) is 0 Å². The van der Waals surface area contributed by atoms with Crippen LogP contribution in [0, 0.1) is 0 Å². The van der Waals surface area contributed by atoms with Crippen molar-refractivity contribution in [1.82, 2.24) is 0 Å². The van der Waals surface area contributed by atoms with Gasteiger partial charge in [-0.15, -0.1) is 0 Å². The fourth-order valence-corrected chi connectivity index (χ4v) is 7.36. The van der Waals surface area contributed by atoms with E-state index in [4.69, 9.17) is 9.47 Å². The monoisotopic (exact) mass is 728 g/mol. The first-order valence-electron chi connectivity index (χ1n) is 18.7. The van der Waals surface area contributed by atoms with Crippen molar-refractivity contribution in [3.05, 3.63) is 83.0 Å². The summed E-state index contributed by atoms with van der Waals surface area (Å²) in [6, 6.07) is 17.9. The topological polar surface area (TPSA) is 52.6 Å². The highest BCUT2D eigenvalue weighted by Gasteiger charge is 2.33. The average molecular weight is 730 g/mol. The standard InChI is InChI=1S/C42H62N2O4.2ClH/c1-5-29-47-41(45)33-43(23-9-7-10-24-43)27-21-35(3)31-37-13-17-39(18-14-37)40-19-15-38(16-20-40)32-36(4)22-28-44(25-11-8-12-26-44)34-42(46)48-30-6-2;;/h13-22H,5-12,23-34H2,1-4H3;2*1H/q+2;;/p-2/b35-21-,36-22-;;. The molecule has 2 aliphatic heterocycles. The highest BCUT2D eigenvalue weighted by Crippen LogP contribution is 2.24. The molecule has 2 heterocycles. The van der Waals surface area contributed by atoms with Crippen LogP contribution in [0.3, 0.4) is 0 Å². The molecule has 0 bridgehead atoms. The Balaban J connectivity index is 0.00000433. The Morgan fingerprint density at radius 1 is 0.580 bits per heavy atom. The van der Waals surface area contributed by atoms with Crippen molar-refractivity contribution in [2.24, 2.45) is 0 Å². The minimum Gasteiger partial charge on any atom is -1.00 e. The Kier molecular flexibility index (Phi) is 19.4. The van der Waals surface area contributed by atoms with Crippen LogP contribution in [0.4, 0.5) is 0 Å². The van der Waals surface area contributed by atoms with E-state index in [0.29, 0.717) is 26.3 Å². The molecule has 2 saturated heterocycles. The normalized spacial score (nSPS) is 17.2. The van der Waals surface area contributed by atoms with E-state index in [0.717, 1.165) is 73.9 Å². The van der Waals surface area contributed by atoms with Gasteiger partial charge >= 0.3 is 11.9 Å². The number of likely N-dealkylation sites (tertiary alicyclic amines) is 2. The average Bonchev–Trinajstić information content (AvgIpc) is 3.10. The van der Waals surface area contributed by atoms with Crippen LogP contribution in [-0.4, -0.2) is 86.5 Å². The minimum atomic E-state index is -0.0509. The number of halogens is 2.